The van der Waals surface area contributed by atoms with Crippen LogP contribution in [-0.4, -0.2) is 41.7 Å². The maximum absolute atomic E-state index is 11.3. The number of hydrogen-bond donors (Lipinski definition) is 0. The lowest BCUT2D eigenvalue weighted by atomic mass is 10.2. The van der Waals surface area contributed by atoms with Crippen molar-refractivity contribution in [3.8, 4) is 0 Å². The van der Waals surface area contributed by atoms with Gasteiger partial charge in [-0.2, -0.15) is 4.98 Å². The summed E-state index contributed by atoms with van der Waals surface area (Å²) in [5.74, 6) is 0.948. The van der Waals surface area contributed by atoms with Crippen molar-refractivity contribution < 1.29 is 14.1 Å². The monoisotopic (exact) mass is 255 g/mol. The summed E-state index contributed by atoms with van der Waals surface area (Å²) in [7, 11) is 3.31. The molecule has 0 fully saturated rings. The maximum Gasteiger partial charge on any atom is 0.309 e. The van der Waals surface area contributed by atoms with Gasteiger partial charge in [-0.1, -0.05) is 19.0 Å². The van der Waals surface area contributed by atoms with Gasteiger partial charge in [0, 0.05) is 13.0 Å². The summed E-state index contributed by atoms with van der Waals surface area (Å²) in [4.78, 5) is 17.5. The number of rotatable bonds is 7. The SMILES string of the molecule is CCCc1nc(CN(C)CC(C)C(=O)OC)no1. The average molecular weight is 255 g/mol. The summed E-state index contributed by atoms with van der Waals surface area (Å²) >= 11 is 0. The molecular formula is C12H21N3O3. The minimum atomic E-state index is -0.207. The Balaban J connectivity index is 2.43. The topological polar surface area (TPSA) is 68.5 Å². The van der Waals surface area contributed by atoms with Gasteiger partial charge in [-0.15, -0.1) is 0 Å². The zero-order chi connectivity index (χ0) is 13.5. The smallest absolute Gasteiger partial charge is 0.309 e. The molecule has 0 aliphatic carbocycles. The van der Waals surface area contributed by atoms with Crippen molar-refractivity contribution in [1.29, 1.82) is 0 Å². The predicted octanol–water partition coefficient (Wildman–Crippen LogP) is 1.26. The van der Waals surface area contributed by atoms with Gasteiger partial charge < -0.3 is 9.26 Å². The van der Waals surface area contributed by atoms with Crippen molar-refractivity contribution in [2.24, 2.45) is 5.92 Å². The van der Waals surface area contributed by atoms with Gasteiger partial charge in [-0.25, -0.2) is 0 Å². The third-order valence-corrected chi connectivity index (χ3v) is 2.57. The second kappa shape index (κ2) is 7.10. The zero-order valence-electron chi connectivity index (χ0n) is 11.5. The highest BCUT2D eigenvalue weighted by atomic mass is 16.5. The summed E-state index contributed by atoms with van der Waals surface area (Å²) in [6, 6.07) is 0. The number of esters is 1. The normalized spacial score (nSPS) is 12.7. The number of ether oxygens (including phenoxy) is 1. The van der Waals surface area contributed by atoms with Crippen molar-refractivity contribution >= 4 is 5.97 Å². The Morgan fingerprint density at radius 2 is 2.28 bits per heavy atom. The maximum atomic E-state index is 11.3. The van der Waals surface area contributed by atoms with Crippen LogP contribution < -0.4 is 0 Å². The highest BCUT2D eigenvalue weighted by Crippen LogP contribution is 2.06. The van der Waals surface area contributed by atoms with E-state index in [1.54, 1.807) is 0 Å². The van der Waals surface area contributed by atoms with Crippen LogP contribution in [0.4, 0.5) is 0 Å². The summed E-state index contributed by atoms with van der Waals surface area (Å²) in [5.41, 5.74) is 0. The van der Waals surface area contributed by atoms with Gasteiger partial charge in [0.05, 0.1) is 19.6 Å². The fraction of sp³-hybridized carbons (Fsp3) is 0.750. The first kappa shape index (κ1) is 14.6. The number of nitrogens with zero attached hydrogens (tertiary/aromatic N) is 3. The van der Waals surface area contributed by atoms with Gasteiger partial charge in [0.15, 0.2) is 5.82 Å². The quantitative estimate of drug-likeness (QED) is 0.683. The van der Waals surface area contributed by atoms with Crippen LogP contribution in [0.2, 0.25) is 0 Å². The van der Waals surface area contributed by atoms with Crippen molar-refractivity contribution in [2.45, 2.75) is 33.2 Å². The van der Waals surface area contributed by atoms with Gasteiger partial charge in [-0.3, -0.25) is 9.69 Å². The summed E-state index contributed by atoms with van der Waals surface area (Å²) in [6.07, 6.45) is 1.78. The zero-order valence-corrected chi connectivity index (χ0v) is 11.5. The van der Waals surface area contributed by atoms with E-state index < -0.39 is 0 Å². The van der Waals surface area contributed by atoms with Gasteiger partial charge >= 0.3 is 5.97 Å². The molecule has 0 saturated carbocycles. The molecule has 0 spiro atoms. The number of carbonyl (C=O) groups excluding carboxylic acids is 1. The lowest BCUT2D eigenvalue weighted by Gasteiger charge is -2.17. The molecule has 0 radical (unpaired) electrons. The van der Waals surface area contributed by atoms with Crippen molar-refractivity contribution in [3.05, 3.63) is 11.7 Å². The molecule has 0 amide bonds. The van der Waals surface area contributed by atoms with Gasteiger partial charge in [0.25, 0.3) is 0 Å². The van der Waals surface area contributed by atoms with Crippen molar-refractivity contribution in [3.63, 3.8) is 0 Å². The molecule has 18 heavy (non-hydrogen) atoms. The predicted molar refractivity (Wildman–Crippen MR) is 65.8 cm³/mol. The first-order chi connectivity index (χ1) is 8.56. The Labute approximate surface area is 107 Å². The molecule has 0 bridgehead atoms. The van der Waals surface area contributed by atoms with Crippen LogP contribution >= 0.6 is 0 Å². The minimum absolute atomic E-state index is 0.165. The highest BCUT2D eigenvalue weighted by molar-refractivity contribution is 5.71. The van der Waals surface area contributed by atoms with Gasteiger partial charge in [0.1, 0.15) is 0 Å². The molecule has 1 aromatic heterocycles. The van der Waals surface area contributed by atoms with E-state index in [9.17, 15) is 4.79 Å². The Kier molecular flexibility index (Phi) is 5.77. The second-order valence-corrected chi connectivity index (χ2v) is 4.48. The summed E-state index contributed by atoms with van der Waals surface area (Å²) < 4.78 is 9.78. The van der Waals surface area contributed by atoms with E-state index in [1.807, 2.05) is 18.9 Å². The molecule has 0 aliphatic heterocycles. The minimum Gasteiger partial charge on any atom is -0.469 e. The van der Waals surface area contributed by atoms with Crippen LogP contribution in [0.25, 0.3) is 0 Å². The van der Waals surface area contributed by atoms with E-state index in [0.717, 1.165) is 12.8 Å². The largest absolute Gasteiger partial charge is 0.469 e. The second-order valence-electron chi connectivity index (χ2n) is 4.48. The number of aryl methyl sites for hydroxylation is 1. The molecule has 6 heteroatoms. The van der Waals surface area contributed by atoms with E-state index >= 15 is 0 Å². The molecule has 1 aromatic rings. The molecule has 0 aromatic carbocycles. The van der Waals surface area contributed by atoms with Crippen molar-refractivity contribution in [2.75, 3.05) is 20.7 Å². The van der Waals surface area contributed by atoms with Crippen molar-refractivity contribution in [1.82, 2.24) is 15.0 Å². The molecule has 1 rings (SSSR count). The van der Waals surface area contributed by atoms with E-state index in [-0.39, 0.29) is 11.9 Å². The molecule has 1 atom stereocenters. The molecular weight excluding hydrogens is 234 g/mol. The highest BCUT2D eigenvalue weighted by Gasteiger charge is 2.16. The summed E-state index contributed by atoms with van der Waals surface area (Å²) in [5, 5.41) is 3.90. The van der Waals surface area contributed by atoms with Crippen LogP contribution in [0.5, 0.6) is 0 Å². The number of carbonyl (C=O) groups is 1. The van der Waals surface area contributed by atoms with Gasteiger partial charge in [0.2, 0.25) is 5.89 Å². The fourth-order valence-electron chi connectivity index (χ4n) is 1.72. The van der Waals surface area contributed by atoms with Crippen LogP contribution in [0.15, 0.2) is 4.52 Å². The van der Waals surface area contributed by atoms with E-state index in [2.05, 4.69) is 21.8 Å². The molecule has 1 unspecified atom stereocenters. The van der Waals surface area contributed by atoms with Crippen LogP contribution in [0.1, 0.15) is 32.0 Å². The first-order valence-electron chi connectivity index (χ1n) is 6.14. The lowest BCUT2D eigenvalue weighted by molar-refractivity contribution is -0.145. The fourth-order valence-corrected chi connectivity index (χ4v) is 1.72. The third-order valence-electron chi connectivity index (χ3n) is 2.57. The Morgan fingerprint density at radius 1 is 1.56 bits per heavy atom. The number of hydrogen-bond acceptors (Lipinski definition) is 6. The number of methoxy groups -OCH3 is 1. The van der Waals surface area contributed by atoms with E-state index in [0.29, 0.717) is 24.8 Å². The molecule has 1 heterocycles. The molecule has 6 nitrogen and oxygen atoms in total. The van der Waals surface area contributed by atoms with Crippen LogP contribution in [0, 0.1) is 5.92 Å². The Hall–Kier alpha value is -1.43. The molecule has 0 aliphatic rings. The standard InChI is InChI=1S/C12H21N3O3/c1-5-6-11-13-10(14-18-11)8-15(3)7-9(2)12(16)17-4/h9H,5-8H2,1-4H3. The van der Waals surface area contributed by atoms with Crippen LogP contribution in [-0.2, 0) is 22.5 Å². The third kappa shape index (κ3) is 4.44. The summed E-state index contributed by atoms with van der Waals surface area (Å²) in [6.45, 7) is 5.06. The van der Waals surface area contributed by atoms with Gasteiger partial charge in [-0.05, 0) is 13.5 Å². The van der Waals surface area contributed by atoms with Crippen LogP contribution in [0.3, 0.4) is 0 Å². The van der Waals surface area contributed by atoms with E-state index in [1.165, 1.54) is 7.11 Å². The number of aromatic nitrogens is 2. The molecule has 102 valence electrons. The first-order valence-corrected chi connectivity index (χ1v) is 6.14. The van der Waals surface area contributed by atoms with E-state index in [4.69, 9.17) is 4.52 Å². The average Bonchev–Trinajstić information content (AvgIpc) is 2.75. The lowest BCUT2D eigenvalue weighted by Crippen LogP contribution is -2.29. The Morgan fingerprint density at radius 3 is 2.89 bits per heavy atom. The Bertz CT molecular complexity index is 378. The molecule has 0 N–H and O–H groups in total. The molecule has 0 saturated heterocycles.